The maximum absolute atomic E-state index is 11.9. The predicted octanol–water partition coefficient (Wildman–Crippen LogP) is 0.985. The van der Waals surface area contributed by atoms with E-state index in [-0.39, 0.29) is 18.0 Å². The van der Waals surface area contributed by atoms with E-state index in [0.29, 0.717) is 25.3 Å². The van der Waals surface area contributed by atoms with E-state index in [2.05, 4.69) is 15.3 Å². The van der Waals surface area contributed by atoms with Crippen molar-refractivity contribution in [1.82, 2.24) is 10.2 Å². The summed E-state index contributed by atoms with van der Waals surface area (Å²) in [6.07, 6.45) is 2.55. The highest BCUT2D eigenvalue weighted by Crippen LogP contribution is 2.15. The maximum atomic E-state index is 11.9. The van der Waals surface area contributed by atoms with Gasteiger partial charge in [-0.05, 0) is 33.6 Å². The van der Waals surface area contributed by atoms with Gasteiger partial charge in [-0.2, -0.15) is 0 Å². The second-order valence-electron chi connectivity index (χ2n) is 6.25. The monoisotopic (exact) mass is 294 g/mol. The molecule has 2 rings (SSSR count). The number of hydrogen-bond donors (Lipinski definition) is 1. The van der Waals surface area contributed by atoms with E-state index in [4.69, 9.17) is 4.74 Å². The van der Waals surface area contributed by atoms with Crippen LogP contribution in [-0.2, 0) is 9.53 Å². The van der Waals surface area contributed by atoms with Crippen molar-refractivity contribution in [2.75, 3.05) is 19.6 Å². The first-order valence-corrected chi connectivity index (χ1v) is 7.19. The summed E-state index contributed by atoms with van der Waals surface area (Å²) in [6, 6.07) is 0.0690. The Kier molecular flexibility index (Phi) is 4.59. The van der Waals surface area contributed by atoms with Gasteiger partial charge in [-0.1, -0.05) is 0 Å². The summed E-state index contributed by atoms with van der Waals surface area (Å²) >= 11 is 0. The van der Waals surface area contributed by atoms with Crippen LogP contribution in [0.5, 0.6) is 0 Å². The number of piperidine rings is 1. The molecule has 0 atom stereocenters. The number of hydrogen-bond acceptors (Lipinski definition) is 5. The van der Waals surface area contributed by atoms with E-state index >= 15 is 0 Å². The summed E-state index contributed by atoms with van der Waals surface area (Å²) in [6.45, 7) is 7.07. The third-order valence-corrected chi connectivity index (χ3v) is 3.28. The van der Waals surface area contributed by atoms with E-state index in [0.717, 1.165) is 12.8 Å². The normalized spacial score (nSPS) is 19.4. The number of aliphatic imine (C=N–C) groups is 2. The zero-order valence-electron chi connectivity index (χ0n) is 12.8. The van der Waals surface area contributed by atoms with Crippen molar-refractivity contribution >= 4 is 24.1 Å². The molecule has 1 saturated heterocycles. The minimum absolute atomic E-state index is 0.0690. The molecule has 116 valence electrons. The smallest absolute Gasteiger partial charge is 0.410 e. The number of nitrogens with one attached hydrogen (secondary N) is 1. The fourth-order valence-corrected chi connectivity index (χ4v) is 2.21. The van der Waals surface area contributed by atoms with Gasteiger partial charge in [-0.3, -0.25) is 9.79 Å². The van der Waals surface area contributed by atoms with E-state index in [1.807, 2.05) is 20.8 Å². The Morgan fingerprint density at radius 1 is 1.33 bits per heavy atom. The molecule has 0 aromatic carbocycles. The van der Waals surface area contributed by atoms with Gasteiger partial charge in [-0.25, -0.2) is 9.79 Å². The molecule has 0 unspecified atom stereocenters. The van der Waals surface area contributed by atoms with Crippen LogP contribution >= 0.6 is 0 Å². The number of amides is 2. The molecule has 0 saturated carbocycles. The van der Waals surface area contributed by atoms with Crippen molar-refractivity contribution in [1.29, 1.82) is 0 Å². The van der Waals surface area contributed by atoms with Crippen molar-refractivity contribution in [3.05, 3.63) is 0 Å². The molecule has 7 nitrogen and oxygen atoms in total. The lowest BCUT2D eigenvalue weighted by atomic mass is 10.1. The van der Waals surface area contributed by atoms with Gasteiger partial charge in [0.05, 0.1) is 6.54 Å². The van der Waals surface area contributed by atoms with Crippen molar-refractivity contribution in [3.63, 3.8) is 0 Å². The molecule has 0 aliphatic carbocycles. The van der Waals surface area contributed by atoms with Crippen molar-refractivity contribution in [3.8, 4) is 0 Å². The first-order chi connectivity index (χ1) is 9.85. The van der Waals surface area contributed by atoms with Gasteiger partial charge in [0.15, 0.2) is 0 Å². The largest absolute Gasteiger partial charge is 0.444 e. The molecule has 2 heterocycles. The third kappa shape index (κ3) is 4.54. The number of carbonyl (C=O) groups is 2. The van der Waals surface area contributed by atoms with Gasteiger partial charge >= 0.3 is 6.09 Å². The van der Waals surface area contributed by atoms with Gasteiger partial charge < -0.3 is 15.0 Å². The van der Waals surface area contributed by atoms with E-state index in [1.54, 1.807) is 4.90 Å². The lowest BCUT2D eigenvalue weighted by Gasteiger charge is -2.33. The van der Waals surface area contributed by atoms with Gasteiger partial charge in [0.2, 0.25) is 0 Å². The lowest BCUT2D eigenvalue weighted by Crippen LogP contribution is -2.49. The minimum Gasteiger partial charge on any atom is -0.444 e. The molecular weight excluding hydrogens is 272 g/mol. The lowest BCUT2D eigenvalue weighted by molar-refractivity contribution is -0.115. The van der Waals surface area contributed by atoms with E-state index < -0.39 is 5.60 Å². The molecule has 7 heteroatoms. The molecule has 1 fully saturated rings. The van der Waals surface area contributed by atoms with Crippen LogP contribution in [0.2, 0.25) is 0 Å². The molecule has 2 aliphatic rings. The van der Waals surface area contributed by atoms with Crippen LogP contribution in [0.4, 0.5) is 4.79 Å². The summed E-state index contributed by atoms with van der Waals surface area (Å²) in [7, 11) is 0. The minimum atomic E-state index is -0.483. The standard InChI is InChI=1S/C14H22N4O3/c1-14(2,3)21-13(20)18-6-4-10(5-7-18)17-12(19)11-8-15-9-16-11/h9-10H,4-8H2,1-3H3,(H,17,19). The van der Waals surface area contributed by atoms with Crippen LogP contribution in [0.1, 0.15) is 33.6 Å². The van der Waals surface area contributed by atoms with Crippen LogP contribution in [0.15, 0.2) is 9.98 Å². The Labute approximate surface area is 124 Å². The third-order valence-electron chi connectivity index (χ3n) is 3.28. The fraction of sp³-hybridized carbons (Fsp3) is 0.714. The average Bonchev–Trinajstić information content (AvgIpc) is 2.91. The Morgan fingerprint density at radius 3 is 2.52 bits per heavy atom. The summed E-state index contributed by atoms with van der Waals surface area (Å²) in [5.74, 6) is -0.164. The van der Waals surface area contributed by atoms with Gasteiger partial charge in [0.1, 0.15) is 17.7 Å². The van der Waals surface area contributed by atoms with Gasteiger partial charge in [-0.15, -0.1) is 0 Å². The molecular formula is C14H22N4O3. The fourth-order valence-electron chi connectivity index (χ4n) is 2.21. The predicted molar refractivity (Wildman–Crippen MR) is 79.8 cm³/mol. The molecule has 2 amide bonds. The quantitative estimate of drug-likeness (QED) is 0.824. The molecule has 0 aromatic rings. The Morgan fingerprint density at radius 2 is 2.00 bits per heavy atom. The average molecular weight is 294 g/mol. The summed E-state index contributed by atoms with van der Waals surface area (Å²) in [5.41, 5.74) is -0.0347. The van der Waals surface area contributed by atoms with Crippen LogP contribution < -0.4 is 5.32 Å². The molecule has 2 aliphatic heterocycles. The highest BCUT2D eigenvalue weighted by molar-refractivity contribution is 6.41. The molecule has 0 aromatic heterocycles. The highest BCUT2D eigenvalue weighted by Gasteiger charge is 2.28. The Hall–Kier alpha value is -1.92. The number of rotatable bonds is 2. The number of ether oxygens (including phenoxy) is 1. The van der Waals surface area contributed by atoms with Gasteiger partial charge in [0.25, 0.3) is 5.91 Å². The van der Waals surface area contributed by atoms with E-state index in [9.17, 15) is 9.59 Å². The Bertz CT molecular complexity index is 471. The Balaban J connectivity index is 1.75. The summed E-state index contributed by atoms with van der Waals surface area (Å²) in [4.78, 5) is 33.3. The first-order valence-electron chi connectivity index (χ1n) is 7.19. The second kappa shape index (κ2) is 6.24. The number of likely N-dealkylation sites (tertiary alicyclic amines) is 1. The van der Waals surface area contributed by atoms with Crippen molar-refractivity contribution in [2.45, 2.75) is 45.3 Å². The molecule has 1 N–H and O–H groups in total. The second-order valence-corrected chi connectivity index (χ2v) is 6.25. The molecule has 21 heavy (non-hydrogen) atoms. The zero-order chi connectivity index (χ0) is 15.5. The van der Waals surface area contributed by atoms with Crippen LogP contribution in [-0.4, -0.2) is 60.2 Å². The maximum Gasteiger partial charge on any atom is 0.410 e. The summed E-state index contributed by atoms with van der Waals surface area (Å²) in [5, 5.41) is 2.94. The van der Waals surface area contributed by atoms with Crippen LogP contribution in [0, 0.1) is 0 Å². The van der Waals surface area contributed by atoms with E-state index in [1.165, 1.54) is 6.34 Å². The summed E-state index contributed by atoms with van der Waals surface area (Å²) < 4.78 is 5.34. The van der Waals surface area contributed by atoms with Crippen molar-refractivity contribution in [2.24, 2.45) is 9.98 Å². The zero-order valence-corrected chi connectivity index (χ0v) is 12.8. The molecule has 0 spiro atoms. The molecule has 0 radical (unpaired) electrons. The highest BCUT2D eigenvalue weighted by atomic mass is 16.6. The van der Waals surface area contributed by atoms with Crippen LogP contribution in [0.3, 0.4) is 0 Å². The number of nitrogens with zero attached hydrogens (tertiary/aromatic N) is 3. The van der Waals surface area contributed by atoms with Crippen LogP contribution in [0.25, 0.3) is 0 Å². The number of carbonyl (C=O) groups excluding carboxylic acids is 2. The van der Waals surface area contributed by atoms with Gasteiger partial charge in [0, 0.05) is 19.1 Å². The van der Waals surface area contributed by atoms with Crippen molar-refractivity contribution < 1.29 is 14.3 Å². The topological polar surface area (TPSA) is 83.4 Å². The molecule has 0 bridgehead atoms. The SMILES string of the molecule is CC(C)(C)OC(=O)N1CCC(NC(=O)C2=NC=NC2)CC1. The first kappa shape index (κ1) is 15.5.